The number of hydrogen-bond donors (Lipinski definition) is 0. The van der Waals surface area contributed by atoms with E-state index in [0.29, 0.717) is 0 Å². The Labute approximate surface area is 357 Å². The highest BCUT2D eigenvalue weighted by molar-refractivity contribution is 6.29. The number of benzene rings is 11. The van der Waals surface area contributed by atoms with Gasteiger partial charge in [0.2, 0.25) is 0 Å². The van der Waals surface area contributed by atoms with E-state index >= 15 is 0 Å². The molecule has 0 aliphatic heterocycles. The van der Waals surface area contributed by atoms with Gasteiger partial charge in [-0.25, -0.2) is 0 Å². The van der Waals surface area contributed by atoms with Gasteiger partial charge in [0.1, 0.15) is 0 Å². The molecule has 11 aromatic rings. The van der Waals surface area contributed by atoms with Crippen molar-refractivity contribution in [3.8, 4) is 66.8 Å². The molecule has 286 valence electrons. The molecule has 0 fully saturated rings. The van der Waals surface area contributed by atoms with E-state index in [-0.39, 0.29) is 5.41 Å². The number of fused-ring (bicyclic) bond motifs is 8. The SMILES string of the molecule is CC1(C)c2ccccc2-c2cc3ccc(-c4ccc(-c5c6ccccc6c(-c6ccccc6-c6ccccc6)c6c5ccc5ccccc56)c(-c5ccccc5)c4)cc3cc21. The molecule has 0 radical (unpaired) electrons. The van der Waals surface area contributed by atoms with Gasteiger partial charge in [0.25, 0.3) is 0 Å². The van der Waals surface area contributed by atoms with Crippen molar-refractivity contribution in [1.29, 1.82) is 0 Å². The van der Waals surface area contributed by atoms with Crippen molar-refractivity contribution >= 4 is 43.1 Å². The third-order valence-electron chi connectivity index (χ3n) is 13.4. The molecule has 0 heterocycles. The molecule has 0 amide bonds. The minimum atomic E-state index is -0.0473. The highest BCUT2D eigenvalue weighted by atomic mass is 14.4. The molecule has 0 saturated carbocycles. The van der Waals surface area contributed by atoms with Crippen LogP contribution < -0.4 is 0 Å². The topological polar surface area (TPSA) is 0 Å². The van der Waals surface area contributed by atoms with Crippen LogP contribution in [-0.2, 0) is 5.41 Å². The Morgan fingerprint density at radius 2 is 0.820 bits per heavy atom. The molecule has 0 bridgehead atoms. The molecule has 0 heteroatoms. The van der Waals surface area contributed by atoms with Crippen LogP contribution in [0.3, 0.4) is 0 Å². The summed E-state index contributed by atoms with van der Waals surface area (Å²) in [5, 5.41) is 10.1. The van der Waals surface area contributed by atoms with Gasteiger partial charge >= 0.3 is 0 Å². The summed E-state index contributed by atoms with van der Waals surface area (Å²) in [6, 6.07) is 81.3. The van der Waals surface area contributed by atoms with Crippen LogP contribution in [0.4, 0.5) is 0 Å². The summed E-state index contributed by atoms with van der Waals surface area (Å²) < 4.78 is 0. The van der Waals surface area contributed by atoms with E-state index < -0.39 is 0 Å². The molecular weight excluding hydrogens is 733 g/mol. The Bertz CT molecular complexity index is 3530. The fraction of sp³-hybridized carbons (Fsp3) is 0.0492. The average molecular weight is 775 g/mol. The van der Waals surface area contributed by atoms with E-state index in [1.165, 1.54) is 121 Å². The second-order valence-electron chi connectivity index (χ2n) is 17.2. The molecule has 0 atom stereocenters. The quantitative estimate of drug-likeness (QED) is 0.121. The fourth-order valence-corrected chi connectivity index (χ4v) is 10.5. The molecule has 1 aliphatic carbocycles. The van der Waals surface area contributed by atoms with E-state index in [1.54, 1.807) is 0 Å². The lowest BCUT2D eigenvalue weighted by Crippen LogP contribution is -2.14. The van der Waals surface area contributed by atoms with E-state index in [0.717, 1.165) is 0 Å². The lowest BCUT2D eigenvalue weighted by atomic mass is 9.80. The Balaban J connectivity index is 1.12. The first kappa shape index (κ1) is 35.4. The molecule has 61 heavy (non-hydrogen) atoms. The van der Waals surface area contributed by atoms with E-state index in [1.807, 2.05) is 0 Å². The minimum absolute atomic E-state index is 0.0473. The predicted molar refractivity (Wildman–Crippen MR) is 261 cm³/mol. The van der Waals surface area contributed by atoms with Crippen LogP contribution in [0.1, 0.15) is 25.0 Å². The predicted octanol–water partition coefficient (Wildman–Crippen LogP) is 16.9. The highest BCUT2D eigenvalue weighted by Crippen LogP contribution is 2.52. The van der Waals surface area contributed by atoms with Gasteiger partial charge in [0.05, 0.1) is 0 Å². The van der Waals surface area contributed by atoms with Gasteiger partial charge in [-0.05, 0) is 145 Å². The summed E-state index contributed by atoms with van der Waals surface area (Å²) in [6.07, 6.45) is 0. The molecule has 0 spiro atoms. The molecule has 0 saturated heterocycles. The van der Waals surface area contributed by atoms with Gasteiger partial charge in [-0.2, -0.15) is 0 Å². The molecule has 0 aromatic heterocycles. The summed E-state index contributed by atoms with van der Waals surface area (Å²) in [5.41, 5.74) is 17.8. The van der Waals surface area contributed by atoms with Crippen LogP contribution in [0.25, 0.3) is 110 Å². The van der Waals surface area contributed by atoms with Crippen LogP contribution in [0.2, 0.25) is 0 Å². The van der Waals surface area contributed by atoms with Crippen LogP contribution in [0.15, 0.2) is 218 Å². The highest BCUT2D eigenvalue weighted by Gasteiger charge is 2.35. The molecule has 0 nitrogen and oxygen atoms in total. The average Bonchev–Trinajstić information content (AvgIpc) is 3.54. The molecule has 0 N–H and O–H groups in total. The van der Waals surface area contributed by atoms with Crippen molar-refractivity contribution in [3.63, 3.8) is 0 Å². The van der Waals surface area contributed by atoms with Crippen LogP contribution in [0, 0.1) is 0 Å². The number of hydrogen-bond acceptors (Lipinski definition) is 0. The van der Waals surface area contributed by atoms with Crippen LogP contribution in [0.5, 0.6) is 0 Å². The second-order valence-corrected chi connectivity index (χ2v) is 17.2. The third kappa shape index (κ3) is 5.53. The van der Waals surface area contributed by atoms with Gasteiger partial charge in [-0.15, -0.1) is 0 Å². The monoisotopic (exact) mass is 774 g/mol. The van der Waals surface area contributed by atoms with Crippen LogP contribution >= 0.6 is 0 Å². The van der Waals surface area contributed by atoms with Gasteiger partial charge in [0.15, 0.2) is 0 Å². The van der Waals surface area contributed by atoms with E-state index in [9.17, 15) is 0 Å². The first-order chi connectivity index (χ1) is 30.0. The summed E-state index contributed by atoms with van der Waals surface area (Å²) in [5.74, 6) is 0. The van der Waals surface area contributed by atoms with Crippen molar-refractivity contribution in [2.75, 3.05) is 0 Å². The van der Waals surface area contributed by atoms with E-state index in [2.05, 4.69) is 232 Å². The Morgan fingerprint density at radius 3 is 1.59 bits per heavy atom. The summed E-state index contributed by atoms with van der Waals surface area (Å²) >= 11 is 0. The summed E-state index contributed by atoms with van der Waals surface area (Å²) in [4.78, 5) is 0. The largest absolute Gasteiger partial charge is 0.0622 e. The zero-order valence-corrected chi connectivity index (χ0v) is 34.3. The van der Waals surface area contributed by atoms with Gasteiger partial charge in [0, 0.05) is 5.41 Å². The molecule has 12 rings (SSSR count). The molecule has 0 unspecified atom stereocenters. The molecule has 11 aromatic carbocycles. The minimum Gasteiger partial charge on any atom is -0.0622 e. The maximum Gasteiger partial charge on any atom is 0.0159 e. The Morgan fingerprint density at radius 1 is 0.262 bits per heavy atom. The van der Waals surface area contributed by atoms with Crippen molar-refractivity contribution < 1.29 is 0 Å². The molecule has 1 aliphatic rings. The van der Waals surface area contributed by atoms with Crippen molar-refractivity contribution in [3.05, 3.63) is 230 Å². The maximum absolute atomic E-state index is 2.45. The zero-order chi connectivity index (χ0) is 40.7. The number of rotatable bonds is 5. The normalized spacial score (nSPS) is 12.9. The second kappa shape index (κ2) is 13.8. The Hall–Kier alpha value is -7.54. The van der Waals surface area contributed by atoms with Gasteiger partial charge in [-0.1, -0.05) is 208 Å². The van der Waals surface area contributed by atoms with Crippen molar-refractivity contribution in [2.45, 2.75) is 19.3 Å². The first-order valence-corrected chi connectivity index (χ1v) is 21.4. The Kier molecular flexibility index (Phi) is 7.99. The van der Waals surface area contributed by atoms with E-state index in [4.69, 9.17) is 0 Å². The fourth-order valence-electron chi connectivity index (χ4n) is 10.5. The third-order valence-corrected chi connectivity index (χ3v) is 13.4. The van der Waals surface area contributed by atoms with Crippen molar-refractivity contribution in [2.24, 2.45) is 0 Å². The lowest BCUT2D eigenvalue weighted by Gasteiger charge is -2.23. The standard InChI is InChI=1S/C61H42/c1-61(2)56-28-16-15-24-48(56)55-37-44-30-29-42(35-45(44)38-57(55)61)43-32-33-52(54(36-43)40-19-7-4-8-20-40)58-50-26-13-14-27-51(50)60(59-47-23-10-9-21-41(47)31-34-53(58)59)49-25-12-11-22-46(49)39-17-5-3-6-18-39/h3-38H,1-2H3. The lowest BCUT2D eigenvalue weighted by molar-refractivity contribution is 0.661. The van der Waals surface area contributed by atoms with Gasteiger partial charge < -0.3 is 0 Å². The molecular formula is C61H42. The van der Waals surface area contributed by atoms with Gasteiger partial charge in [-0.3, -0.25) is 0 Å². The first-order valence-electron chi connectivity index (χ1n) is 21.4. The summed E-state index contributed by atoms with van der Waals surface area (Å²) in [6.45, 7) is 4.73. The van der Waals surface area contributed by atoms with Crippen molar-refractivity contribution in [1.82, 2.24) is 0 Å². The van der Waals surface area contributed by atoms with Crippen LogP contribution in [-0.4, -0.2) is 0 Å². The summed E-state index contributed by atoms with van der Waals surface area (Å²) in [7, 11) is 0. The smallest absolute Gasteiger partial charge is 0.0159 e. The zero-order valence-electron chi connectivity index (χ0n) is 34.3. The maximum atomic E-state index is 2.45.